The summed E-state index contributed by atoms with van der Waals surface area (Å²) < 4.78 is 5.79. The number of benzene rings is 2. The van der Waals surface area contributed by atoms with Crippen molar-refractivity contribution in [3.8, 4) is 11.3 Å². The zero-order chi connectivity index (χ0) is 19.4. The van der Waals surface area contributed by atoms with Crippen LogP contribution in [0.3, 0.4) is 0 Å². The van der Waals surface area contributed by atoms with Crippen LogP contribution in [0.2, 0.25) is 0 Å². The molecule has 0 spiro atoms. The predicted octanol–water partition coefficient (Wildman–Crippen LogP) is 4.99. The van der Waals surface area contributed by atoms with Gasteiger partial charge < -0.3 is 9.73 Å². The predicted molar refractivity (Wildman–Crippen MR) is 108 cm³/mol. The van der Waals surface area contributed by atoms with Crippen LogP contribution in [-0.4, -0.2) is 5.91 Å². The minimum atomic E-state index is -0.446. The lowest BCUT2D eigenvalue weighted by Gasteiger charge is -2.15. The van der Waals surface area contributed by atoms with Crippen LogP contribution >= 0.6 is 0 Å². The SMILES string of the molecule is CCc1cccc(CC)c1NC(=O)c1c(-c2ccccc2)oc(C)cc1=O. The molecule has 2 aromatic carbocycles. The third kappa shape index (κ3) is 3.85. The van der Waals surface area contributed by atoms with Gasteiger partial charge in [-0.3, -0.25) is 9.59 Å². The molecule has 0 radical (unpaired) electrons. The molecular formula is C23H23NO3. The van der Waals surface area contributed by atoms with E-state index in [0.717, 1.165) is 29.7 Å². The fraction of sp³-hybridized carbons (Fsp3) is 0.217. The van der Waals surface area contributed by atoms with Gasteiger partial charge in [-0.15, -0.1) is 0 Å². The number of aryl methyl sites for hydroxylation is 3. The van der Waals surface area contributed by atoms with Gasteiger partial charge in [0.2, 0.25) is 0 Å². The molecular weight excluding hydrogens is 338 g/mol. The molecule has 1 N–H and O–H groups in total. The standard InChI is InChI=1S/C23H23NO3/c1-4-16-12-9-13-17(5-2)21(16)24-23(26)20-19(25)14-15(3)27-22(20)18-10-7-6-8-11-18/h6-14H,4-5H2,1-3H3,(H,24,26). The first-order chi connectivity index (χ1) is 13.0. The Hall–Kier alpha value is -3.14. The van der Waals surface area contributed by atoms with E-state index in [1.807, 2.05) is 62.4 Å². The molecule has 1 amide bonds. The number of amides is 1. The van der Waals surface area contributed by atoms with Gasteiger partial charge >= 0.3 is 0 Å². The van der Waals surface area contributed by atoms with E-state index in [-0.39, 0.29) is 11.0 Å². The summed E-state index contributed by atoms with van der Waals surface area (Å²) in [7, 11) is 0. The van der Waals surface area contributed by atoms with Gasteiger partial charge in [0.15, 0.2) is 11.2 Å². The third-order valence-electron chi connectivity index (χ3n) is 4.57. The van der Waals surface area contributed by atoms with E-state index >= 15 is 0 Å². The van der Waals surface area contributed by atoms with Gasteiger partial charge in [-0.05, 0) is 30.9 Å². The van der Waals surface area contributed by atoms with Gasteiger partial charge in [0.05, 0.1) is 0 Å². The third-order valence-corrected chi connectivity index (χ3v) is 4.57. The molecule has 0 saturated heterocycles. The van der Waals surface area contributed by atoms with Crippen LogP contribution in [0, 0.1) is 6.92 Å². The van der Waals surface area contributed by atoms with E-state index < -0.39 is 5.91 Å². The Kier molecular flexibility index (Phi) is 5.55. The molecule has 0 bridgehead atoms. The van der Waals surface area contributed by atoms with Gasteiger partial charge in [-0.1, -0.05) is 62.4 Å². The van der Waals surface area contributed by atoms with Gasteiger partial charge in [-0.25, -0.2) is 0 Å². The van der Waals surface area contributed by atoms with E-state index in [1.54, 1.807) is 6.92 Å². The highest BCUT2D eigenvalue weighted by Crippen LogP contribution is 2.26. The molecule has 4 heteroatoms. The van der Waals surface area contributed by atoms with Gasteiger partial charge in [0.1, 0.15) is 11.3 Å². The zero-order valence-corrected chi connectivity index (χ0v) is 15.8. The van der Waals surface area contributed by atoms with Crippen LogP contribution in [0.5, 0.6) is 0 Å². The number of rotatable bonds is 5. The zero-order valence-electron chi connectivity index (χ0n) is 15.8. The number of para-hydroxylation sites is 1. The molecule has 3 rings (SSSR count). The second kappa shape index (κ2) is 8.04. The maximum absolute atomic E-state index is 13.1. The maximum Gasteiger partial charge on any atom is 0.263 e. The summed E-state index contributed by atoms with van der Waals surface area (Å²) in [6.45, 7) is 5.79. The molecule has 0 fully saturated rings. The highest BCUT2D eigenvalue weighted by atomic mass is 16.3. The number of carbonyl (C=O) groups excluding carboxylic acids is 1. The lowest BCUT2D eigenvalue weighted by Crippen LogP contribution is -2.23. The first-order valence-electron chi connectivity index (χ1n) is 9.17. The molecule has 3 aromatic rings. The second-order valence-corrected chi connectivity index (χ2v) is 6.40. The lowest BCUT2D eigenvalue weighted by molar-refractivity contribution is 0.102. The summed E-state index contributed by atoms with van der Waals surface area (Å²) in [6.07, 6.45) is 1.58. The first-order valence-corrected chi connectivity index (χ1v) is 9.17. The number of hydrogen-bond acceptors (Lipinski definition) is 3. The Balaban J connectivity index is 2.11. The highest BCUT2D eigenvalue weighted by molar-refractivity contribution is 6.08. The van der Waals surface area contributed by atoms with Gasteiger partial charge in [0, 0.05) is 17.3 Å². The summed E-state index contributed by atoms with van der Waals surface area (Å²) in [4.78, 5) is 25.8. The Morgan fingerprint density at radius 2 is 1.59 bits per heavy atom. The van der Waals surface area contributed by atoms with Crippen molar-refractivity contribution in [2.75, 3.05) is 5.32 Å². The molecule has 0 aliphatic heterocycles. The summed E-state index contributed by atoms with van der Waals surface area (Å²) in [5, 5.41) is 2.97. The van der Waals surface area contributed by atoms with E-state index in [2.05, 4.69) is 5.32 Å². The minimum absolute atomic E-state index is 0.0276. The topological polar surface area (TPSA) is 59.3 Å². The fourth-order valence-electron chi connectivity index (χ4n) is 3.20. The van der Waals surface area contributed by atoms with Crippen LogP contribution < -0.4 is 10.7 Å². The number of anilines is 1. The maximum atomic E-state index is 13.1. The smallest absolute Gasteiger partial charge is 0.263 e. The second-order valence-electron chi connectivity index (χ2n) is 6.40. The Morgan fingerprint density at radius 3 is 2.19 bits per heavy atom. The van der Waals surface area contributed by atoms with Crippen molar-refractivity contribution in [1.29, 1.82) is 0 Å². The van der Waals surface area contributed by atoms with Crippen LogP contribution in [0.25, 0.3) is 11.3 Å². The van der Waals surface area contributed by atoms with Crippen molar-refractivity contribution in [3.63, 3.8) is 0 Å². The van der Waals surface area contributed by atoms with E-state index in [4.69, 9.17) is 4.42 Å². The molecule has 0 aliphatic carbocycles. The van der Waals surface area contributed by atoms with Crippen LogP contribution in [0.15, 0.2) is 63.8 Å². The van der Waals surface area contributed by atoms with E-state index in [0.29, 0.717) is 17.1 Å². The number of nitrogens with one attached hydrogen (secondary N) is 1. The van der Waals surface area contributed by atoms with Crippen LogP contribution in [-0.2, 0) is 12.8 Å². The normalized spacial score (nSPS) is 10.6. The number of carbonyl (C=O) groups is 1. The number of hydrogen-bond donors (Lipinski definition) is 1. The fourth-order valence-corrected chi connectivity index (χ4v) is 3.20. The summed E-state index contributed by atoms with van der Waals surface area (Å²) in [6, 6.07) is 16.5. The van der Waals surface area contributed by atoms with E-state index in [1.165, 1.54) is 6.07 Å². The molecule has 27 heavy (non-hydrogen) atoms. The van der Waals surface area contributed by atoms with Gasteiger partial charge in [-0.2, -0.15) is 0 Å². The summed E-state index contributed by atoms with van der Waals surface area (Å²) in [5.74, 6) is 0.321. The lowest BCUT2D eigenvalue weighted by atomic mass is 10.0. The van der Waals surface area contributed by atoms with Crippen molar-refractivity contribution in [2.24, 2.45) is 0 Å². The molecule has 138 valence electrons. The average Bonchev–Trinajstić information content (AvgIpc) is 2.68. The molecule has 0 saturated carbocycles. The van der Waals surface area contributed by atoms with E-state index in [9.17, 15) is 9.59 Å². The molecule has 0 atom stereocenters. The Bertz CT molecular complexity index is 997. The quantitative estimate of drug-likeness (QED) is 0.696. The van der Waals surface area contributed by atoms with Crippen LogP contribution in [0.4, 0.5) is 5.69 Å². The van der Waals surface area contributed by atoms with Crippen molar-refractivity contribution in [2.45, 2.75) is 33.6 Å². The van der Waals surface area contributed by atoms with Crippen molar-refractivity contribution in [3.05, 3.63) is 87.3 Å². The molecule has 0 aliphatic rings. The monoisotopic (exact) mass is 361 g/mol. The van der Waals surface area contributed by atoms with Crippen molar-refractivity contribution in [1.82, 2.24) is 0 Å². The molecule has 0 unspecified atom stereocenters. The van der Waals surface area contributed by atoms with Gasteiger partial charge in [0.25, 0.3) is 5.91 Å². The Labute approximate surface area is 158 Å². The minimum Gasteiger partial charge on any atom is -0.460 e. The van der Waals surface area contributed by atoms with Crippen molar-refractivity contribution < 1.29 is 9.21 Å². The van der Waals surface area contributed by atoms with Crippen molar-refractivity contribution >= 4 is 11.6 Å². The van der Waals surface area contributed by atoms with Crippen LogP contribution in [0.1, 0.15) is 41.1 Å². The highest BCUT2D eigenvalue weighted by Gasteiger charge is 2.21. The molecule has 1 aromatic heterocycles. The first kappa shape index (κ1) is 18.6. The summed E-state index contributed by atoms with van der Waals surface area (Å²) in [5.41, 5.74) is 3.25. The largest absolute Gasteiger partial charge is 0.460 e. The molecule has 4 nitrogen and oxygen atoms in total. The molecule has 1 heterocycles. The average molecular weight is 361 g/mol. The Morgan fingerprint density at radius 1 is 0.963 bits per heavy atom. The summed E-state index contributed by atoms with van der Waals surface area (Å²) >= 11 is 0.